The van der Waals surface area contributed by atoms with E-state index >= 15 is 0 Å². The zero-order chi connectivity index (χ0) is 20.0. The van der Waals surface area contributed by atoms with Crippen molar-refractivity contribution in [3.05, 3.63) is 0 Å². The number of aliphatic hydroxyl groups excluding tert-OH is 1. The number of fused-ring (bicyclic) bond motifs is 1. The molecule has 5 aliphatic carbocycles. The number of piperidine rings is 1. The minimum Gasteiger partial charge on any atom is -0.392 e. The topological polar surface area (TPSA) is 86.2 Å². The van der Waals surface area contributed by atoms with Crippen molar-refractivity contribution in [1.29, 1.82) is 0 Å². The molecule has 7 nitrogen and oxygen atoms in total. The van der Waals surface area contributed by atoms with E-state index in [-0.39, 0.29) is 60.0 Å². The van der Waals surface area contributed by atoms with Crippen LogP contribution in [0.1, 0.15) is 39.0 Å². The lowest BCUT2D eigenvalue weighted by Gasteiger charge is -2.67. The van der Waals surface area contributed by atoms with Crippen LogP contribution in [0.5, 0.6) is 0 Å². The fourth-order valence-corrected chi connectivity index (χ4v) is 10.2. The molecule has 7 bridgehead atoms. The van der Waals surface area contributed by atoms with Crippen molar-refractivity contribution in [2.45, 2.75) is 74.6 Å². The Balaban J connectivity index is 1.53. The third kappa shape index (κ3) is 1.49. The summed E-state index contributed by atoms with van der Waals surface area (Å²) in [7, 11) is 3.55. The number of carbonyl (C=O) groups is 1. The number of aliphatic hydroxyl groups is 1. The maximum absolute atomic E-state index is 13.4. The first-order chi connectivity index (χ1) is 13.9. The van der Waals surface area contributed by atoms with Crippen molar-refractivity contribution in [3.63, 3.8) is 0 Å². The predicted octanol–water partition coefficient (Wildman–Crippen LogP) is 0.834. The van der Waals surface area contributed by atoms with E-state index < -0.39 is 22.7 Å². The van der Waals surface area contributed by atoms with Gasteiger partial charge in [0.1, 0.15) is 18.0 Å². The number of nitrogens with one attached hydrogen (secondary N) is 1. The molecule has 7 aliphatic rings. The van der Waals surface area contributed by atoms with Crippen molar-refractivity contribution >= 4 is 5.91 Å². The zero-order valence-corrected chi connectivity index (χ0v) is 17.3. The Kier molecular flexibility index (Phi) is 3.09. The van der Waals surface area contributed by atoms with Gasteiger partial charge in [-0.25, -0.2) is 0 Å². The molecule has 0 aromatic heterocycles. The smallest absolute Gasteiger partial charge is 0.226 e. The molecule has 2 saturated heterocycles. The van der Waals surface area contributed by atoms with Crippen molar-refractivity contribution < 1.29 is 28.8 Å². The Morgan fingerprint density at radius 3 is 2.72 bits per heavy atom. The molecule has 2 N–H and O–H groups in total. The molecule has 7 rings (SSSR count). The van der Waals surface area contributed by atoms with E-state index in [1.807, 2.05) is 7.11 Å². The molecule has 2 aliphatic heterocycles. The highest BCUT2D eigenvalue weighted by Crippen LogP contribution is 2.81. The molecular formula is C22H31NO6. The van der Waals surface area contributed by atoms with Crippen LogP contribution in [-0.2, 0) is 23.7 Å². The largest absolute Gasteiger partial charge is 0.392 e. The Morgan fingerprint density at radius 1 is 1.17 bits per heavy atom. The van der Waals surface area contributed by atoms with Gasteiger partial charge in [-0.2, -0.15) is 0 Å². The summed E-state index contributed by atoms with van der Waals surface area (Å²) in [5.41, 5.74) is -1.84. The fraction of sp³-hybridized carbons (Fsp3) is 0.955. The number of amides is 1. The third-order valence-electron chi connectivity index (χ3n) is 11.0. The first-order valence-electron chi connectivity index (χ1n) is 11.2. The lowest BCUT2D eigenvalue weighted by Crippen LogP contribution is -2.80. The van der Waals surface area contributed by atoms with E-state index in [2.05, 4.69) is 12.2 Å². The van der Waals surface area contributed by atoms with E-state index in [0.717, 1.165) is 32.1 Å². The number of methoxy groups -OCH3 is 2. The van der Waals surface area contributed by atoms with Gasteiger partial charge in [-0.05, 0) is 37.5 Å². The predicted molar refractivity (Wildman–Crippen MR) is 99.6 cm³/mol. The van der Waals surface area contributed by atoms with Gasteiger partial charge in [0.05, 0.1) is 29.8 Å². The second-order valence-corrected chi connectivity index (χ2v) is 11.0. The van der Waals surface area contributed by atoms with Gasteiger partial charge in [0.25, 0.3) is 0 Å². The van der Waals surface area contributed by atoms with Gasteiger partial charge in [-0.3, -0.25) is 4.79 Å². The summed E-state index contributed by atoms with van der Waals surface area (Å²) in [6.07, 6.45) is 3.71. The second kappa shape index (κ2) is 5.01. The van der Waals surface area contributed by atoms with Crippen LogP contribution in [0, 0.1) is 34.5 Å². The molecule has 3 spiro atoms. The molecule has 7 fully saturated rings. The van der Waals surface area contributed by atoms with Crippen LogP contribution in [0.25, 0.3) is 0 Å². The first kappa shape index (κ1) is 17.9. The van der Waals surface area contributed by atoms with Crippen LogP contribution in [0.15, 0.2) is 0 Å². The Bertz CT molecular complexity index is 806. The molecule has 3 unspecified atom stereocenters. The molecule has 7 heteroatoms. The third-order valence-corrected chi connectivity index (χ3v) is 11.0. The molecule has 0 aromatic carbocycles. The van der Waals surface area contributed by atoms with E-state index in [1.165, 1.54) is 0 Å². The maximum Gasteiger partial charge on any atom is 0.226 e. The summed E-state index contributed by atoms with van der Waals surface area (Å²) in [5, 5.41) is 15.0. The van der Waals surface area contributed by atoms with Gasteiger partial charge in [0.15, 0.2) is 0 Å². The highest BCUT2D eigenvalue weighted by atomic mass is 16.7. The molecule has 0 radical (unpaired) electrons. The van der Waals surface area contributed by atoms with Crippen LogP contribution in [0.4, 0.5) is 0 Å². The summed E-state index contributed by atoms with van der Waals surface area (Å²) in [5.74, 6) is 0.708. The SMILES string of the molecule is COC1C[C@]23OCOC24C[C@H]2[C@@]5([C@@H](OC)CC[C@@]2(C)C(=O)N[C@H]45)[C@@H]2CC1[C@H](O)[C@@H]23. The van der Waals surface area contributed by atoms with Gasteiger partial charge in [-0.1, -0.05) is 6.92 Å². The summed E-state index contributed by atoms with van der Waals surface area (Å²) >= 11 is 0. The number of ether oxygens (including phenoxy) is 4. The van der Waals surface area contributed by atoms with Crippen LogP contribution >= 0.6 is 0 Å². The first-order valence-corrected chi connectivity index (χ1v) is 11.2. The van der Waals surface area contributed by atoms with Crippen molar-refractivity contribution in [3.8, 4) is 0 Å². The van der Waals surface area contributed by atoms with Crippen molar-refractivity contribution in [1.82, 2.24) is 5.32 Å². The monoisotopic (exact) mass is 405 g/mol. The molecular weight excluding hydrogens is 374 g/mol. The van der Waals surface area contributed by atoms with E-state index in [4.69, 9.17) is 18.9 Å². The lowest BCUT2D eigenvalue weighted by molar-refractivity contribution is -0.251. The van der Waals surface area contributed by atoms with E-state index in [1.54, 1.807) is 7.11 Å². The zero-order valence-electron chi connectivity index (χ0n) is 17.3. The van der Waals surface area contributed by atoms with Gasteiger partial charge in [0.2, 0.25) is 5.91 Å². The van der Waals surface area contributed by atoms with Crippen LogP contribution < -0.4 is 5.32 Å². The number of rotatable bonds is 2. The highest BCUT2D eigenvalue weighted by Gasteiger charge is 2.90. The molecule has 0 aromatic rings. The van der Waals surface area contributed by atoms with Crippen LogP contribution in [0.2, 0.25) is 0 Å². The van der Waals surface area contributed by atoms with Crippen LogP contribution in [0.3, 0.4) is 0 Å². The minimum absolute atomic E-state index is 0.0117. The number of hydrogen-bond donors (Lipinski definition) is 2. The van der Waals surface area contributed by atoms with E-state index in [9.17, 15) is 9.90 Å². The maximum atomic E-state index is 13.4. The van der Waals surface area contributed by atoms with Crippen molar-refractivity contribution in [2.75, 3.05) is 21.0 Å². The summed E-state index contributed by atoms with van der Waals surface area (Å²) < 4.78 is 25.1. The molecule has 29 heavy (non-hydrogen) atoms. The van der Waals surface area contributed by atoms with Crippen LogP contribution in [-0.4, -0.2) is 67.6 Å². The summed E-state index contributed by atoms with van der Waals surface area (Å²) in [4.78, 5) is 13.4. The Labute approximate surface area is 170 Å². The molecule has 2 heterocycles. The average Bonchev–Trinajstić information content (AvgIpc) is 3.25. The van der Waals surface area contributed by atoms with Crippen molar-refractivity contribution in [2.24, 2.45) is 34.5 Å². The summed E-state index contributed by atoms with van der Waals surface area (Å²) in [6, 6.07) is -0.129. The fourth-order valence-electron chi connectivity index (χ4n) is 10.2. The Hall–Kier alpha value is -0.730. The highest BCUT2D eigenvalue weighted by molar-refractivity contribution is 5.86. The molecule has 12 atom stereocenters. The summed E-state index contributed by atoms with van der Waals surface area (Å²) in [6.45, 7) is 2.37. The van der Waals surface area contributed by atoms with Gasteiger partial charge >= 0.3 is 0 Å². The molecule has 1 amide bonds. The average molecular weight is 405 g/mol. The lowest BCUT2D eigenvalue weighted by atomic mass is 9.43. The minimum atomic E-state index is -0.611. The number of carbonyl (C=O) groups excluding carboxylic acids is 1. The standard InChI is InChI=1S/C22H31NO6/c1-19-5-4-14(27-3)22-11-6-10-12(26-2)7-20(15(11)16(10)24)21(8-13(19)22,29-9-28-20)17(22)23-18(19)25/h10-17,24H,4-9H2,1-3H3,(H,23,25)/t10?,11-,12?,13-,14+,15-,16+,17-,19-,20-,21?,22-/m1/s1. The van der Waals surface area contributed by atoms with Gasteiger partial charge in [-0.15, -0.1) is 0 Å². The molecule has 160 valence electrons. The van der Waals surface area contributed by atoms with Gasteiger partial charge in [0, 0.05) is 37.9 Å². The number of hydrogen-bond acceptors (Lipinski definition) is 6. The quantitative estimate of drug-likeness (QED) is 0.708. The van der Waals surface area contributed by atoms with E-state index in [0.29, 0.717) is 0 Å². The normalized spacial score (nSPS) is 66.0. The van der Waals surface area contributed by atoms with Gasteiger partial charge < -0.3 is 29.4 Å². The Morgan fingerprint density at radius 2 is 1.97 bits per heavy atom. The second-order valence-electron chi connectivity index (χ2n) is 11.0. The molecule has 5 saturated carbocycles.